The van der Waals surface area contributed by atoms with E-state index in [0.29, 0.717) is 67.9 Å². The number of thiocarbonyl (C=S) groups is 2. The predicted octanol–water partition coefficient (Wildman–Crippen LogP) is 5.28. The van der Waals surface area contributed by atoms with Gasteiger partial charge in [0.2, 0.25) is 0 Å². The summed E-state index contributed by atoms with van der Waals surface area (Å²) in [5.41, 5.74) is 3.43. The normalized spacial score (nSPS) is 14.9. The number of rotatable bonds is 12. The summed E-state index contributed by atoms with van der Waals surface area (Å²) >= 11 is 10.4. The van der Waals surface area contributed by atoms with Crippen LogP contribution in [-0.2, 0) is 19.2 Å². The number of carbonyl (C=O) groups is 4. The van der Waals surface area contributed by atoms with Crippen LogP contribution in [0.1, 0.15) is 33.4 Å². The molecule has 3 aromatic carbocycles. The largest absolute Gasteiger partial charge is 0.496 e. The second kappa shape index (κ2) is 17.7. The van der Waals surface area contributed by atoms with Gasteiger partial charge in [0.25, 0.3) is 23.6 Å². The third-order valence-corrected chi connectivity index (χ3v) is 10.6. The molecule has 0 aliphatic carbocycles. The van der Waals surface area contributed by atoms with Crippen LogP contribution in [0.5, 0.6) is 34.5 Å². The lowest BCUT2D eigenvalue weighted by atomic mass is 10.0. The Bertz CT molecular complexity index is 2150. The van der Waals surface area contributed by atoms with Gasteiger partial charge < -0.3 is 28.4 Å². The van der Waals surface area contributed by atoms with Crippen molar-refractivity contribution < 1.29 is 47.6 Å². The maximum atomic E-state index is 13.0. The van der Waals surface area contributed by atoms with E-state index < -0.39 is 23.6 Å². The molecule has 14 nitrogen and oxygen atoms in total. The summed E-state index contributed by atoms with van der Waals surface area (Å²) in [5, 5.41) is 0.216. The molecule has 2 heterocycles. The van der Waals surface area contributed by atoms with Crippen LogP contribution >= 0.6 is 24.4 Å². The van der Waals surface area contributed by atoms with Crippen molar-refractivity contribution in [3.8, 4) is 34.5 Å². The van der Waals surface area contributed by atoms with Crippen LogP contribution in [0.4, 0.5) is 0 Å². The molecule has 0 radical (unpaired) electrons. The van der Waals surface area contributed by atoms with E-state index in [4.69, 9.17) is 52.9 Å². The highest BCUT2D eigenvalue weighted by Gasteiger charge is 2.37. The van der Waals surface area contributed by atoms with Crippen LogP contribution < -0.4 is 28.4 Å². The van der Waals surface area contributed by atoms with Crippen molar-refractivity contribution in [1.82, 2.24) is 19.6 Å². The average molecular weight is 827 g/mol. The van der Waals surface area contributed by atoms with Crippen LogP contribution in [0.2, 0.25) is 0 Å². The molecule has 58 heavy (non-hydrogen) atoms. The van der Waals surface area contributed by atoms with Crippen LogP contribution in [0, 0.1) is 0 Å². The third-order valence-electron chi connectivity index (χ3n) is 9.52. The molecule has 0 atom stereocenters. The number of ether oxygens (including phenoxy) is 6. The van der Waals surface area contributed by atoms with E-state index in [1.54, 1.807) is 38.5 Å². The Kier molecular flexibility index (Phi) is 13.0. The van der Waals surface area contributed by atoms with Gasteiger partial charge in [0.05, 0.1) is 42.7 Å². The maximum absolute atomic E-state index is 13.0. The summed E-state index contributed by atoms with van der Waals surface area (Å²) in [6.07, 6.45) is 10.2. The predicted molar refractivity (Wildman–Crippen MR) is 229 cm³/mol. The second-order valence-corrected chi connectivity index (χ2v) is 13.5. The molecular weight excluding hydrogens is 785 g/mol. The first-order valence-electron chi connectivity index (χ1n) is 17.4. The molecule has 0 aromatic heterocycles. The number of benzene rings is 3. The molecule has 0 spiro atoms. The van der Waals surface area contributed by atoms with E-state index in [1.807, 2.05) is 36.4 Å². The van der Waals surface area contributed by atoms with E-state index in [9.17, 15) is 19.2 Å². The van der Waals surface area contributed by atoms with Crippen molar-refractivity contribution in [1.29, 1.82) is 0 Å². The topological polar surface area (TPSA) is 137 Å². The van der Waals surface area contributed by atoms with Gasteiger partial charge >= 0.3 is 0 Å². The molecule has 0 saturated carbocycles. The lowest BCUT2D eigenvalue weighted by Gasteiger charge is -2.31. The van der Waals surface area contributed by atoms with Crippen molar-refractivity contribution in [3.05, 3.63) is 80.9 Å². The van der Waals surface area contributed by atoms with Crippen molar-refractivity contribution in [3.63, 3.8) is 0 Å². The van der Waals surface area contributed by atoms with Crippen molar-refractivity contribution >= 4 is 94.7 Å². The molecule has 2 fully saturated rings. The minimum atomic E-state index is -0.526. The third kappa shape index (κ3) is 8.15. The molecule has 5 rings (SSSR count). The first kappa shape index (κ1) is 42.6. The minimum Gasteiger partial charge on any atom is -0.496 e. The molecular formula is C42H42N4O10S2. The number of hydrogen-bond donors (Lipinski definition) is 0. The molecule has 16 heteroatoms. The Hall–Kier alpha value is -6.52. The van der Waals surface area contributed by atoms with Gasteiger partial charge in [-0.25, -0.2) is 0 Å². The van der Waals surface area contributed by atoms with Gasteiger partial charge in [0.15, 0.2) is 10.2 Å². The van der Waals surface area contributed by atoms with Gasteiger partial charge in [-0.15, -0.1) is 0 Å². The fourth-order valence-electron chi connectivity index (χ4n) is 6.20. The van der Waals surface area contributed by atoms with E-state index in [0.717, 1.165) is 0 Å². The summed E-state index contributed by atoms with van der Waals surface area (Å²) in [4.78, 5) is 56.8. The smallest absolute Gasteiger partial charge is 0.265 e. The minimum absolute atomic E-state index is 0.0715. The lowest BCUT2D eigenvalue weighted by Crippen LogP contribution is -2.52. The highest BCUT2D eigenvalue weighted by Crippen LogP contribution is 2.37. The number of nitrogens with zero attached hydrogens (tertiary/aromatic N) is 4. The highest BCUT2D eigenvalue weighted by atomic mass is 32.1. The standard InChI is InChI=1S/C42H42N4O10S2/c1-43-37(47)29(38(48)44(2)41(43)57)15-27-21-33(53-7)25(19-35(27)55-9)13-11-23-17-32(52-6)24(18-31(23)51-5)12-14-26-20-36(56-10)28(22-34(26)54-8)16-30-39(49)45(3)42(58)46(4)40(30)50/h11-22H,1-10H3/b13-11+,14-12+. The lowest BCUT2D eigenvalue weighted by molar-refractivity contribution is -0.133. The second-order valence-electron chi connectivity index (χ2n) is 12.8. The van der Waals surface area contributed by atoms with E-state index in [2.05, 4.69) is 0 Å². The number of carbonyl (C=O) groups excluding carboxylic acids is 4. The van der Waals surface area contributed by atoms with Crippen LogP contribution in [0.3, 0.4) is 0 Å². The number of amides is 4. The molecule has 0 unspecified atom stereocenters. The highest BCUT2D eigenvalue weighted by molar-refractivity contribution is 7.80. The van der Waals surface area contributed by atoms with Gasteiger partial charge in [0.1, 0.15) is 45.6 Å². The number of hydrogen-bond acceptors (Lipinski definition) is 12. The van der Waals surface area contributed by atoms with Crippen molar-refractivity contribution in [2.45, 2.75) is 0 Å². The van der Waals surface area contributed by atoms with Crippen molar-refractivity contribution in [2.24, 2.45) is 0 Å². The molecule has 0 bridgehead atoms. The molecule has 2 aliphatic heterocycles. The SMILES string of the molecule is COc1cc(/C=C/c2cc(OC)c(/C=C/c3cc(OC)c(C=C4C(=O)N(C)C(=S)N(C)C4=O)cc3OC)cc2OC)c(OC)cc1C=C1C(=O)N(C)C(=S)N(C)C1=O. The summed E-state index contributed by atoms with van der Waals surface area (Å²) < 4.78 is 34.3. The molecule has 302 valence electrons. The molecule has 3 aromatic rings. The molecule has 0 N–H and O–H groups in total. The van der Waals surface area contributed by atoms with E-state index >= 15 is 0 Å². The zero-order chi connectivity index (χ0) is 42.6. The number of methoxy groups -OCH3 is 6. The van der Waals surface area contributed by atoms with Gasteiger partial charge in [-0.1, -0.05) is 24.3 Å². The average Bonchev–Trinajstić information content (AvgIpc) is 3.24. The molecule has 2 aliphatic rings. The van der Waals surface area contributed by atoms with Crippen LogP contribution in [0.15, 0.2) is 47.5 Å². The van der Waals surface area contributed by atoms with Gasteiger partial charge in [-0.05, 0) is 73.0 Å². The van der Waals surface area contributed by atoms with Crippen LogP contribution in [0.25, 0.3) is 36.5 Å². The van der Waals surface area contributed by atoms with Gasteiger partial charge in [-0.2, -0.15) is 0 Å². The Morgan fingerprint density at radius 3 is 0.776 bits per heavy atom. The fraction of sp³-hybridized carbons (Fsp3) is 0.238. The summed E-state index contributed by atoms with van der Waals surface area (Å²) in [6, 6.07) is 10.5. The van der Waals surface area contributed by atoms with E-state index in [1.165, 1.54) is 88.4 Å². The van der Waals surface area contributed by atoms with Crippen molar-refractivity contribution in [2.75, 3.05) is 70.8 Å². The van der Waals surface area contributed by atoms with Crippen LogP contribution in [-0.4, -0.2) is 124 Å². The Labute approximate surface area is 347 Å². The van der Waals surface area contributed by atoms with E-state index in [-0.39, 0.29) is 21.4 Å². The summed E-state index contributed by atoms with van der Waals surface area (Å²) in [5.74, 6) is 0.669. The zero-order valence-corrected chi connectivity index (χ0v) is 35.2. The van der Waals surface area contributed by atoms with Gasteiger partial charge in [-0.3, -0.25) is 38.8 Å². The Morgan fingerprint density at radius 2 is 0.569 bits per heavy atom. The quantitative estimate of drug-likeness (QED) is 0.102. The Morgan fingerprint density at radius 1 is 0.379 bits per heavy atom. The first-order chi connectivity index (χ1) is 27.6. The van der Waals surface area contributed by atoms with Gasteiger partial charge in [0, 0.05) is 61.6 Å². The molecule has 4 amide bonds. The zero-order valence-electron chi connectivity index (χ0n) is 33.6. The first-order valence-corrected chi connectivity index (χ1v) is 18.2. The number of likely N-dealkylation sites (N-methyl/N-ethyl adjacent to an activating group) is 4. The monoisotopic (exact) mass is 826 g/mol. The molecule has 2 saturated heterocycles. The Balaban J connectivity index is 1.48. The maximum Gasteiger partial charge on any atom is 0.265 e. The summed E-state index contributed by atoms with van der Waals surface area (Å²) in [6.45, 7) is 0. The fourth-order valence-corrected chi connectivity index (χ4v) is 6.53. The summed E-state index contributed by atoms with van der Waals surface area (Å²) in [7, 11) is 15.2.